The zero-order chi connectivity index (χ0) is 13.6. The van der Waals surface area contributed by atoms with E-state index in [2.05, 4.69) is 21.0 Å². The van der Waals surface area contributed by atoms with E-state index in [-0.39, 0.29) is 0 Å². The number of rotatable bonds is 2. The maximum Gasteiger partial charge on any atom is 0.443 e. The molecule has 4 nitrogen and oxygen atoms in total. The molecule has 96 valence electrons. The standard InChI is InChI=1S/C7H4BrClF4N2O2/c1-15-3(5(16)17)2(8)4(14-15)6(9,10)7(11,12)13/h1H3,(H,16,17). The fourth-order valence-corrected chi connectivity index (χ4v) is 2.09. The highest BCUT2D eigenvalue weighted by Crippen LogP contribution is 2.48. The van der Waals surface area contributed by atoms with Crippen molar-refractivity contribution in [3.63, 3.8) is 0 Å². The van der Waals surface area contributed by atoms with Gasteiger partial charge in [0.05, 0.1) is 4.47 Å². The lowest BCUT2D eigenvalue weighted by Crippen LogP contribution is -2.33. The Balaban J connectivity index is 3.45. The van der Waals surface area contributed by atoms with Gasteiger partial charge >= 0.3 is 17.3 Å². The average molecular weight is 339 g/mol. The molecule has 1 aromatic rings. The van der Waals surface area contributed by atoms with Crippen LogP contribution in [-0.2, 0) is 12.2 Å². The molecule has 1 aromatic heterocycles. The van der Waals surface area contributed by atoms with Crippen molar-refractivity contribution in [1.29, 1.82) is 0 Å². The fourth-order valence-electron chi connectivity index (χ4n) is 1.07. The second-order valence-corrected chi connectivity index (χ2v) is 4.33. The van der Waals surface area contributed by atoms with Crippen LogP contribution in [0.1, 0.15) is 16.2 Å². The molecular weight excluding hydrogens is 335 g/mol. The first kappa shape index (κ1) is 14.2. The summed E-state index contributed by atoms with van der Waals surface area (Å²) >= 11 is 7.28. The fraction of sp³-hybridized carbons (Fsp3) is 0.429. The van der Waals surface area contributed by atoms with Gasteiger partial charge in [-0.15, -0.1) is 0 Å². The third kappa shape index (κ3) is 2.25. The topological polar surface area (TPSA) is 55.1 Å². The van der Waals surface area contributed by atoms with Crippen LogP contribution >= 0.6 is 27.5 Å². The average Bonchev–Trinajstić information content (AvgIpc) is 2.39. The summed E-state index contributed by atoms with van der Waals surface area (Å²) in [6.07, 6.45) is -5.42. The summed E-state index contributed by atoms with van der Waals surface area (Å²) in [5.74, 6) is -1.56. The lowest BCUT2D eigenvalue weighted by Gasteiger charge is -2.19. The Morgan fingerprint density at radius 1 is 1.47 bits per heavy atom. The second kappa shape index (κ2) is 4.13. The number of aromatic carboxylic acids is 1. The molecule has 1 atom stereocenters. The number of halogens is 6. The van der Waals surface area contributed by atoms with Gasteiger partial charge in [0.1, 0.15) is 5.69 Å². The van der Waals surface area contributed by atoms with Crippen molar-refractivity contribution in [3.05, 3.63) is 15.9 Å². The van der Waals surface area contributed by atoms with Crippen molar-refractivity contribution in [2.75, 3.05) is 0 Å². The molecule has 1 N–H and O–H groups in total. The molecule has 0 saturated carbocycles. The second-order valence-electron chi connectivity index (χ2n) is 3.01. The van der Waals surface area contributed by atoms with Gasteiger partial charge in [-0.2, -0.15) is 18.3 Å². The molecule has 1 unspecified atom stereocenters. The predicted octanol–water partition coefficient (Wildman–Crippen LogP) is 2.80. The number of aromatic nitrogens is 2. The Kier molecular flexibility index (Phi) is 3.45. The molecule has 0 fully saturated rings. The van der Waals surface area contributed by atoms with Crippen LogP contribution in [0.5, 0.6) is 0 Å². The maximum absolute atomic E-state index is 13.4. The lowest BCUT2D eigenvalue weighted by molar-refractivity contribution is -0.203. The zero-order valence-corrected chi connectivity index (χ0v) is 10.4. The quantitative estimate of drug-likeness (QED) is 0.666. The highest BCUT2D eigenvalue weighted by atomic mass is 79.9. The van der Waals surface area contributed by atoms with E-state index in [1.165, 1.54) is 0 Å². The first-order valence-electron chi connectivity index (χ1n) is 3.91. The Morgan fingerprint density at radius 3 is 2.24 bits per heavy atom. The van der Waals surface area contributed by atoms with Gasteiger partial charge in [-0.3, -0.25) is 4.68 Å². The third-order valence-corrected chi connectivity index (χ3v) is 2.99. The predicted molar refractivity (Wildman–Crippen MR) is 52.6 cm³/mol. The molecule has 0 spiro atoms. The van der Waals surface area contributed by atoms with Gasteiger partial charge in [-0.25, -0.2) is 9.18 Å². The van der Waals surface area contributed by atoms with Gasteiger partial charge in [0.2, 0.25) is 0 Å². The summed E-state index contributed by atoms with van der Waals surface area (Å²) in [6.45, 7) is 0. The number of aryl methyl sites for hydroxylation is 1. The largest absolute Gasteiger partial charge is 0.476 e. The molecule has 0 aliphatic heterocycles. The summed E-state index contributed by atoms with van der Waals surface area (Å²) in [7, 11) is 1.06. The van der Waals surface area contributed by atoms with Gasteiger partial charge in [0, 0.05) is 7.05 Å². The smallest absolute Gasteiger partial charge is 0.443 e. The van der Waals surface area contributed by atoms with E-state index in [1.807, 2.05) is 0 Å². The monoisotopic (exact) mass is 338 g/mol. The normalized spacial score (nSPS) is 15.7. The van der Waals surface area contributed by atoms with E-state index in [9.17, 15) is 22.4 Å². The van der Waals surface area contributed by atoms with E-state index in [4.69, 9.17) is 16.7 Å². The summed E-state index contributed by atoms with van der Waals surface area (Å²) in [4.78, 5) is 10.7. The van der Waals surface area contributed by atoms with Crippen LogP contribution in [-0.4, -0.2) is 27.0 Å². The Morgan fingerprint density at radius 2 is 1.94 bits per heavy atom. The molecule has 0 amide bonds. The number of alkyl halides is 5. The van der Waals surface area contributed by atoms with Crippen LogP contribution < -0.4 is 0 Å². The van der Waals surface area contributed by atoms with Crippen LogP contribution in [0.4, 0.5) is 17.6 Å². The highest BCUT2D eigenvalue weighted by molar-refractivity contribution is 9.10. The minimum absolute atomic E-state index is 0.587. The number of carboxylic acid groups (broad SMARTS) is 1. The Bertz CT molecular complexity index is 471. The first-order chi connectivity index (χ1) is 7.50. The highest BCUT2D eigenvalue weighted by Gasteiger charge is 2.59. The molecule has 0 radical (unpaired) electrons. The third-order valence-electron chi connectivity index (χ3n) is 1.85. The van der Waals surface area contributed by atoms with Crippen LogP contribution in [0, 0.1) is 0 Å². The van der Waals surface area contributed by atoms with Crippen LogP contribution in [0.2, 0.25) is 0 Å². The number of carboxylic acids is 1. The summed E-state index contributed by atoms with van der Waals surface area (Å²) in [5, 5.41) is 7.57. The lowest BCUT2D eigenvalue weighted by atomic mass is 10.2. The molecule has 17 heavy (non-hydrogen) atoms. The van der Waals surface area contributed by atoms with E-state index in [1.54, 1.807) is 0 Å². The van der Waals surface area contributed by atoms with E-state index in [0.29, 0.717) is 4.68 Å². The molecule has 1 rings (SSSR count). The van der Waals surface area contributed by atoms with Crippen LogP contribution in [0.3, 0.4) is 0 Å². The number of hydrogen-bond donors (Lipinski definition) is 1. The molecule has 0 saturated heterocycles. The van der Waals surface area contributed by atoms with E-state index >= 15 is 0 Å². The first-order valence-corrected chi connectivity index (χ1v) is 5.08. The molecule has 1 heterocycles. The van der Waals surface area contributed by atoms with Crippen molar-refractivity contribution < 1.29 is 27.5 Å². The molecule has 0 aliphatic carbocycles. The molecular formula is C7H4BrClF4N2O2. The van der Waals surface area contributed by atoms with Gasteiger partial charge in [-0.1, -0.05) is 11.6 Å². The molecule has 0 bridgehead atoms. The molecule has 0 aliphatic rings. The van der Waals surface area contributed by atoms with Gasteiger partial charge < -0.3 is 5.11 Å². The van der Waals surface area contributed by atoms with Crippen molar-refractivity contribution in [2.24, 2.45) is 7.05 Å². The van der Waals surface area contributed by atoms with Gasteiger partial charge in [0.15, 0.2) is 5.69 Å². The van der Waals surface area contributed by atoms with E-state index < -0.39 is 33.1 Å². The molecule has 10 heteroatoms. The van der Waals surface area contributed by atoms with Crippen LogP contribution in [0.15, 0.2) is 4.47 Å². The summed E-state index contributed by atoms with van der Waals surface area (Å²) in [5.41, 5.74) is -1.88. The number of hydrogen-bond acceptors (Lipinski definition) is 2. The minimum atomic E-state index is -5.42. The van der Waals surface area contributed by atoms with Crippen LogP contribution in [0.25, 0.3) is 0 Å². The minimum Gasteiger partial charge on any atom is -0.476 e. The van der Waals surface area contributed by atoms with Crippen molar-refractivity contribution >= 4 is 33.5 Å². The summed E-state index contributed by atoms with van der Waals surface area (Å²) in [6, 6.07) is 0. The number of nitrogens with zero attached hydrogens (tertiary/aromatic N) is 2. The zero-order valence-electron chi connectivity index (χ0n) is 8.02. The number of carbonyl (C=O) groups is 1. The summed E-state index contributed by atoms with van der Waals surface area (Å²) < 4.78 is 50.3. The maximum atomic E-state index is 13.4. The van der Waals surface area contributed by atoms with Crippen molar-refractivity contribution in [2.45, 2.75) is 11.3 Å². The van der Waals surface area contributed by atoms with Gasteiger partial charge in [-0.05, 0) is 15.9 Å². The molecule has 0 aromatic carbocycles. The Hall–Kier alpha value is -0.830. The Labute approximate surface area is 105 Å². The van der Waals surface area contributed by atoms with Gasteiger partial charge in [0.25, 0.3) is 0 Å². The van der Waals surface area contributed by atoms with E-state index in [0.717, 1.165) is 7.05 Å². The van der Waals surface area contributed by atoms with Crippen molar-refractivity contribution in [3.8, 4) is 0 Å². The van der Waals surface area contributed by atoms with Crippen molar-refractivity contribution in [1.82, 2.24) is 9.78 Å². The SMILES string of the molecule is Cn1nc(C(F)(Cl)C(F)(F)F)c(Br)c1C(=O)O.